The summed E-state index contributed by atoms with van der Waals surface area (Å²) >= 11 is 3.17. The predicted molar refractivity (Wildman–Crippen MR) is 101 cm³/mol. The maximum absolute atomic E-state index is 5.36. The maximum Gasteiger partial charge on any atom is 0.205 e. The predicted octanol–water partition coefficient (Wildman–Crippen LogP) is 3.59. The van der Waals surface area contributed by atoms with Crippen LogP contribution in [0, 0.1) is 0 Å². The molecule has 4 aromatic rings. The molecule has 3 aromatic heterocycles. The van der Waals surface area contributed by atoms with E-state index in [1.165, 1.54) is 0 Å². The summed E-state index contributed by atoms with van der Waals surface area (Å²) in [5.74, 6) is 2.00. The molecular formula is C17H15N5O2S2. The van der Waals surface area contributed by atoms with Crippen LogP contribution in [0.5, 0.6) is 11.5 Å². The third-order valence-corrected chi connectivity index (χ3v) is 5.34. The molecule has 0 unspecified atom stereocenters. The lowest BCUT2D eigenvalue weighted by molar-refractivity contribution is 0.355. The molecule has 9 heteroatoms. The molecule has 0 saturated carbocycles. The zero-order valence-electron chi connectivity index (χ0n) is 14.1. The van der Waals surface area contributed by atoms with Gasteiger partial charge in [-0.25, -0.2) is 4.98 Å². The Hall–Kier alpha value is -2.78. The van der Waals surface area contributed by atoms with E-state index in [4.69, 9.17) is 9.47 Å². The number of aromatic nitrogens is 5. The lowest BCUT2D eigenvalue weighted by Crippen LogP contribution is -2.04. The minimum Gasteiger partial charge on any atom is -0.493 e. The van der Waals surface area contributed by atoms with Crippen LogP contribution in [-0.2, 0) is 6.54 Å². The van der Waals surface area contributed by atoms with Crippen LogP contribution in [-0.4, -0.2) is 39.4 Å². The Balaban J connectivity index is 1.53. The number of ether oxygens (including phenoxy) is 2. The van der Waals surface area contributed by atoms with Crippen molar-refractivity contribution in [3.8, 4) is 33.5 Å². The average molecular weight is 385 g/mol. The molecule has 7 nitrogen and oxygen atoms in total. The number of methoxy groups -OCH3 is 2. The summed E-state index contributed by atoms with van der Waals surface area (Å²) in [5.41, 5.74) is 2.84. The van der Waals surface area contributed by atoms with Crippen molar-refractivity contribution in [2.75, 3.05) is 14.2 Å². The van der Waals surface area contributed by atoms with E-state index in [2.05, 4.69) is 20.4 Å². The van der Waals surface area contributed by atoms with Gasteiger partial charge in [0.05, 0.1) is 19.9 Å². The Morgan fingerprint density at radius 2 is 1.92 bits per heavy atom. The van der Waals surface area contributed by atoms with Crippen molar-refractivity contribution in [3.05, 3.63) is 46.1 Å². The van der Waals surface area contributed by atoms with Crippen LogP contribution in [0.15, 0.2) is 40.4 Å². The molecule has 0 saturated heterocycles. The lowest BCUT2D eigenvalue weighted by atomic mass is 10.2. The second kappa shape index (κ2) is 7.22. The summed E-state index contributed by atoms with van der Waals surface area (Å²) in [6.07, 6.45) is 0. The molecule has 0 bridgehead atoms. The van der Waals surface area contributed by atoms with Gasteiger partial charge in [0.15, 0.2) is 11.5 Å². The number of hydrogen-bond acceptors (Lipinski definition) is 8. The fraction of sp³-hybridized carbons (Fsp3) is 0.176. The highest BCUT2D eigenvalue weighted by Gasteiger charge is 2.11. The van der Waals surface area contributed by atoms with Gasteiger partial charge in [-0.3, -0.25) is 0 Å². The van der Waals surface area contributed by atoms with Crippen LogP contribution >= 0.6 is 22.7 Å². The van der Waals surface area contributed by atoms with Gasteiger partial charge in [-0.1, -0.05) is 0 Å². The number of thiazole rings is 1. The molecular weight excluding hydrogens is 370 g/mol. The largest absolute Gasteiger partial charge is 0.493 e. The Morgan fingerprint density at radius 3 is 2.69 bits per heavy atom. The minimum atomic E-state index is 0.473. The lowest BCUT2D eigenvalue weighted by Gasteiger charge is -2.08. The van der Waals surface area contributed by atoms with E-state index in [0.29, 0.717) is 23.9 Å². The number of nitrogens with zero attached hydrogens (tertiary/aromatic N) is 5. The third kappa shape index (κ3) is 3.31. The van der Waals surface area contributed by atoms with Crippen LogP contribution < -0.4 is 9.47 Å². The second-order valence-electron chi connectivity index (χ2n) is 5.37. The number of tetrazole rings is 1. The smallest absolute Gasteiger partial charge is 0.205 e. The molecule has 0 radical (unpaired) electrons. The molecule has 0 N–H and O–H groups in total. The van der Waals surface area contributed by atoms with Gasteiger partial charge in [0.1, 0.15) is 11.6 Å². The van der Waals surface area contributed by atoms with E-state index >= 15 is 0 Å². The first-order valence-corrected chi connectivity index (χ1v) is 9.56. The van der Waals surface area contributed by atoms with Crippen molar-refractivity contribution in [1.29, 1.82) is 0 Å². The number of benzene rings is 1. The standard InChI is InChI=1S/C17H15N5O2S2/c1-23-14-4-3-11(7-15(14)24-2)17-18-13(10-26-17)8-22-20-16(19-21-22)12-5-6-25-9-12/h3-7,9-10H,8H2,1-2H3. The molecule has 1 aromatic carbocycles. The first kappa shape index (κ1) is 16.7. The first-order valence-electron chi connectivity index (χ1n) is 7.74. The van der Waals surface area contributed by atoms with E-state index in [1.807, 2.05) is 40.4 Å². The monoisotopic (exact) mass is 385 g/mol. The van der Waals surface area contributed by atoms with Gasteiger partial charge in [0, 0.05) is 21.9 Å². The van der Waals surface area contributed by atoms with Crippen LogP contribution in [0.1, 0.15) is 5.69 Å². The van der Waals surface area contributed by atoms with Crippen molar-refractivity contribution < 1.29 is 9.47 Å². The summed E-state index contributed by atoms with van der Waals surface area (Å²) in [6, 6.07) is 7.74. The summed E-state index contributed by atoms with van der Waals surface area (Å²) in [7, 11) is 3.24. The van der Waals surface area contributed by atoms with E-state index < -0.39 is 0 Å². The van der Waals surface area contributed by atoms with Crippen molar-refractivity contribution >= 4 is 22.7 Å². The zero-order chi connectivity index (χ0) is 17.9. The fourth-order valence-corrected chi connectivity index (χ4v) is 3.89. The van der Waals surface area contributed by atoms with Crippen molar-refractivity contribution in [2.45, 2.75) is 6.54 Å². The molecule has 0 aliphatic heterocycles. The van der Waals surface area contributed by atoms with E-state index in [0.717, 1.165) is 21.8 Å². The van der Waals surface area contributed by atoms with Crippen molar-refractivity contribution in [2.24, 2.45) is 0 Å². The number of hydrogen-bond donors (Lipinski definition) is 0. The minimum absolute atomic E-state index is 0.473. The van der Waals surface area contributed by atoms with Gasteiger partial charge in [-0.15, -0.1) is 21.5 Å². The quantitative estimate of drug-likeness (QED) is 0.505. The molecule has 3 heterocycles. The summed E-state index contributed by atoms with van der Waals surface area (Å²) in [6.45, 7) is 0.473. The third-order valence-electron chi connectivity index (χ3n) is 3.72. The first-order chi connectivity index (χ1) is 12.8. The van der Waals surface area contributed by atoms with Crippen LogP contribution in [0.3, 0.4) is 0 Å². The molecule has 0 spiro atoms. The number of rotatable bonds is 6. The van der Waals surface area contributed by atoms with Crippen LogP contribution in [0.4, 0.5) is 0 Å². The van der Waals surface area contributed by atoms with Gasteiger partial charge < -0.3 is 9.47 Å². The highest BCUT2D eigenvalue weighted by Crippen LogP contribution is 2.33. The van der Waals surface area contributed by atoms with Crippen LogP contribution in [0.2, 0.25) is 0 Å². The number of thiophene rings is 1. The Kier molecular flexibility index (Phi) is 4.63. The van der Waals surface area contributed by atoms with Gasteiger partial charge in [0.25, 0.3) is 0 Å². The molecule has 26 heavy (non-hydrogen) atoms. The van der Waals surface area contributed by atoms with Gasteiger partial charge in [0.2, 0.25) is 5.82 Å². The normalized spacial score (nSPS) is 10.8. The molecule has 0 atom stereocenters. The highest BCUT2D eigenvalue weighted by atomic mass is 32.1. The zero-order valence-corrected chi connectivity index (χ0v) is 15.8. The van der Waals surface area contributed by atoms with E-state index in [9.17, 15) is 0 Å². The SMILES string of the molecule is COc1ccc(-c2nc(Cn3nnc(-c4ccsc4)n3)cs2)cc1OC. The van der Waals surface area contributed by atoms with Gasteiger partial charge in [-0.05, 0) is 34.9 Å². The molecule has 0 aliphatic rings. The highest BCUT2D eigenvalue weighted by molar-refractivity contribution is 7.13. The molecule has 0 amide bonds. The molecule has 0 aliphatic carbocycles. The average Bonchev–Trinajstić information content (AvgIpc) is 3.42. The van der Waals surface area contributed by atoms with Gasteiger partial charge >= 0.3 is 0 Å². The molecule has 0 fully saturated rings. The van der Waals surface area contributed by atoms with E-state index in [1.54, 1.807) is 41.7 Å². The summed E-state index contributed by atoms with van der Waals surface area (Å²) in [4.78, 5) is 6.23. The summed E-state index contributed by atoms with van der Waals surface area (Å²) < 4.78 is 10.6. The summed E-state index contributed by atoms with van der Waals surface area (Å²) in [5, 5.41) is 19.5. The topological polar surface area (TPSA) is 75.0 Å². The van der Waals surface area contributed by atoms with Crippen LogP contribution in [0.25, 0.3) is 22.0 Å². The molecule has 132 valence electrons. The van der Waals surface area contributed by atoms with Crippen molar-refractivity contribution in [3.63, 3.8) is 0 Å². The van der Waals surface area contributed by atoms with E-state index in [-0.39, 0.29) is 0 Å². The Bertz CT molecular complexity index is 1010. The molecule has 4 rings (SSSR count). The second-order valence-corrected chi connectivity index (χ2v) is 7.01. The van der Waals surface area contributed by atoms with Gasteiger partial charge in [-0.2, -0.15) is 16.1 Å². The Labute approximate surface area is 157 Å². The maximum atomic E-state index is 5.36. The fourth-order valence-electron chi connectivity index (χ4n) is 2.44. The Morgan fingerprint density at radius 1 is 1.04 bits per heavy atom. The van der Waals surface area contributed by atoms with Crippen molar-refractivity contribution in [1.82, 2.24) is 25.2 Å².